The van der Waals surface area contributed by atoms with Gasteiger partial charge in [-0.25, -0.2) is 0 Å². The summed E-state index contributed by atoms with van der Waals surface area (Å²) in [6.07, 6.45) is 3.62. The summed E-state index contributed by atoms with van der Waals surface area (Å²) in [5.74, 6) is 0. The van der Waals surface area contributed by atoms with E-state index in [1.165, 1.54) is 0 Å². The zero-order chi connectivity index (χ0) is 13.2. The van der Waals surface area contributed by atoms with E-state index >= 15 is 0 Å². The molecule has 19 heavy (non-hydrogen) atoms. The topological polar surface area (TPSA) is 12.9 Å². The summed E-state index contributed by atoms with van der Waals surface area (Å²) in [6.45, 7) is 3.85. The van der Waals surface area contributed by atoms with E-state index in [2.05, 4.69) is 23.7 Å². The van der Waals surface area contributed by atoms with Crippen LogP contribution in [0.25, 0.3) is 28.1 Å². The van der Waals surface area contributed by atoms with Gasteiger partial charge in [-0.2, -0.15) is 0 Å². The van der Waals surface area contributed by atoms with Gasteiger partial charge in [0, 0.05) is 17.1 Å². The molecule has 3 aromatic rings. The first-order chi connectivity index (χ1) is 9.31. The van der Waals surface area contributed by atoms with Crippen molar-refractivity contribution in [1.82, 2.24) is 4.98 Å². The third kappa shape index (κ3) is 2.02. The number of halogens is 1. The molecule has 0 atom stereocenters. The third-order valence-electron chi connectivity index (χ3n) is 3.18. The van der Waals surface area contributed by atoms with Crippen LogP contribution in [0.15, 0.2) is 61.3 Å². The Morgan fingerprint density at radius 1 is 1.00 bits per heavy atom. The minimum Gasteiger partial charge on any atom is -0.256 e. The van der Waals surface area contributed by atoms with Gasteiger partial charge in [0.05, 0.1) is 10.7 Å². The highest BCUT2D eigenvalue weighted by molar-refractivity contribution is 6.34. The fourth-order valence-electron chi connectivity index (χ4n) is 2.28. The Balaban J connectivity index is 2.40. The first-order valence-electron chi connectivity index (χ1n) is 6.06. The van der Waals surface area contributed by atoms with Crippen LogP contribution in [0, 0.1) is 0 Å². The monoisotopic (exact) mass is 265 g/mol. The van der Waals surface area contributed by atoms with Crippen LogP contribution >= 0.6 is 11.6 Å². The number of aromatic nitrogens is 1. The third-order valence-corrected chi connectivity index (χ3v) is 3.49. The molecule has 1 aromatic heterocycles. The van der Waals surface area contributed by atoms with Gasteiger partial charge in [0.15, 0.2) is 0 Å². The average molecular weight is 266 g/mol. The van der Waals surface area contributed by atoms with Gasteiger partial charge in [-0.3, -0.25) is 4.98 Å². The van der Waals surface area contributed by atoms with Crippen molar-refractivity contribution >= 4 is 28.4 Å². The summed E-state index contributed by atoms with van der Waals surface area (Å²) in [6, 6.07) is 16.0. The molecule has 0 bridgehead atoms. The van der Waals surface area contributed by atoms with E-state index in [1.807, 2.05) is 48.7 Å². The molecular weight excluding hydrogens is 254 g/mol. The lowest BCUT2D eigenvalue weighted by atomic mass is 9.99. The van der Waals surface area contributed by atoms with Crippen molar-refractivity contribution in [2.45, 2.75) is 0 Å². The van der Waals surface area contributed by atoms with E-state index in [0.29, 0.717) is 5.02 Å². The van der Waals surface area contributed by atoms with Crippen LogP contribution in [0.1, 0.15) is 5.56 Å². The van der Waals surface area contributed by atoms with Gasteiger partial charge in [0.2, 0.25) is 0 Å². The van der Waals surface area contributed by atoms with E-state index < -0.39 is 0 Å². The molecule has 0 spiro atoms. The van der Waals surface area contributed by atoms with Crippen LogP contribution in [0.2, 0.25) is 5.02 Å². The number of hydrogen-bond acceptors (Lipinski definition) is 1. The molecule has 1 nitrogen and oxygen atoms in total. The highest BCUT2D eigenvalue weighted by Crippen LogP contribution is 2.34. The molecule has 2 aromatic carbocycles. The van der Waals surface area contributed by atoms with Gasteiger partial charge in [0.1, 0.15) is 0 Å². The molecule has 0 aliphatic rings. The quantitative estimate of drug-likeness (QED) is 0.621. The molecule has 0 N–H and O–H groups in total. The average Bonchev–Trinajstić information content (AvgIpc) is 2.46. The van der Waals surface area contributed by atoms with Gasteiger partial charge < -0.3 is 0 Å². The van der Waals surface area contributed by atoms with E-state index in [1.54, 1.807) is 0 Å². The van der Waals surface area contributed by atoms with E-state index in [4.69, 9.17) is 11.6 Å². The fraction of sp³-hybridized carbons (Fsp3) is 0. The molecule has 0 unspecified atom stereocenters. The highest BCUT2D eigenvalue weighted by atomic mass is 35.5. The van der Waals surface area contributed by atoms with Crippen molar-refractivity contribution in [3.05, 3.63) is 71.9 Å². The van der Waals surface area contributed by atoms with Crippen LogP contribution < -0.4 is 0 Å². The Bertz CT molecular complexity index is 757. The molecule has 0 saturated carbocycles. The normalized spacial score (nSPS) is 10.6. The standard InChI is InChI=1S/C17H12ClN/c1-2-12-7-5-9-15(18)16(12)17-14-8-4-3-6-13(14)10-11-19-17/h2-11H,1H2. The molecule has 2 heteroatoms. The lowest BCUT2D eigenvalue weighted by Gasteiger charge is -2.10. The van der Waals surface area contributed by atoms with Gasteiger partial charge in [0.25, 0.3) is 0 Å². The van der Waals surface area contributed by atoms with Crippen LogP contribution in [0.5, 0.6) is 0 Å². The molecule has 0 radical (unpaired) electrons. The molecule has 0 aliphatic carbocycles. The summed E-state index contributed by atoms with van der Waals surface area (Å²) in [4.78, 5) is 4.51. The summed E-state index contributed by atoms with van der Waals surface area (Å²) in [7, 11) is 0. The maximum atomic E-state index is 6.36. The number of fused-ring (bicyclic) bond motifs is 1. The van der Waals surface area contributed by atoms with Gasteiger partial charge >= 0.3 is 0 Å². The van der Waals surface area contributed by atoms with Crippen LogP contribution in [-0.2, 0) is 0 Å². The SMILES string of the molecule is C=Cc1cccc(Cl)c1-c1nccc2ccccc12. The Kier molecular flexibility index (Phi) is 3.06. The molecule has 1 heterocycles. The van der Waals surface area contributed by atoms with Crippen LogP contribution in [-0.4, -0.2) is 4.98 Å². The maximum absolute atomic E-state index is 6.36. The molecule has 0 saturated heterocycles. The largest absolute Gasteiger partial charge is 0.256 e. The predicted octanol–water partition coefficient (Wildman–Crippen LogP) is 5.20. The summed E-state index contributed by atoms with van der Waals surface area (Å²) in [5, 5.41) is 2.95. The maximum Gasteiger partial charge on any atom is 0.0801 e. The highest BCUT2D eigenvalue weighted by Gasteiger charge is 2.11. The van der Waals surface area contributed by atoms with E-state index in [9.17, 15) is 0 Å². The van der Waals surface area contributed by atoms with Gasteiger partial charge in [-0.15, -0.1) is 0 Å². The first kappa shape index (κ1) is 11.9. The second-order valence-electron chi connectivity index (χ2n) is 4.29. The van der Waals surface area contributed by atoms with Crippen molar-refractivity contribution < 1.29 is 0 Å². The summed E-state index contributed by atoms with van der Waals surface area (Å²) < 4.78 is 0. The number of nitrogens with zero attached hydrogens (tertiary/aromatic N) is 1. The van der Waals surface area contributed by atoms with Crippen molar-refractivity contribution in [3.8, 4) is 11.3 Å². The summed E-state index contributed by atoms with van der Waals surface area (Å²) >= 11 is 6.36. The zero-order valence-corrected chi connectivity index (χ0v) is 11.1. The van der Waals surface area contributed by atoms with Crippen molar-refractivity contribution in [2.24, 2.45) is 0 Å². The number of pyridine rings is 1. The molecule has 3 rings (SSSR count). The second-order valence-corrected chi connectivity index (χ2v) is 4.70. The predicted molar refractivity (Wildman–Crippen MR) is 82.3 cm³/mol. The van der Waals surface area contributed by atoms with E-state index in [-0.39, 0.29) is 0 Å². The number of rotatable bonds is 2. The van der Waals surface area contributed by atoms with E-state index in [0.717, 1.165) is 27.6 Å². The smallest absolute Gasteiger partial charge is 0.0801 e. The molecule has 0 amide bonds. The minimum atomic E-state index is 0.696. The molecule has 92 valence electrons. The van der Waals surface area contributed by atoms with Gasteiger partial charge in [-0.1, -0.05) is 60.7 Å². The number of benzene rings is 2. The first-order valence-corrected chi connectivity index (χ1v) is 6.44. The van der Waals surface area contributed by atoms with Gasteiger partial charge in [-0.05, 0) is 23.1 Å². The Morgan fingerprint density at radius 3 is 2.68 bits per heavy atom. The molecular formula is C17H12ClN. The van der Waals surface area contributed by atoms with Crippen molar-refractivity contribution in [3.63, 3.8) is 0 Å². The Labute approximate surface area is 117 Å². The van der Waals surface area contributed by atoms with Crippen molar-refractivity contribution in [1.29, 1.82) is 0 Å². The summed E-state index contributed by atoms with van der Waals surface area (Å²) in [5.41, 5.74) is 2.84. The fourth-order valence-corrected chi connectivity index (χ4v) is 2.55. The lowest BCUT2D eigenvalue weighted by Crippen LogP contribution is -1.90. The van der Waals surface area contributed by atoms with Crippen LogP contribution in [0.4, 0.5) is 0 Å². The Hall–Kier alpha value is -2.12. The molecule has 0 aliphatic heterocycles. The lowest BCUT2D eigenvalue weighted by molar-refractivity contribution is 1.35. The molecule has 0 fully saturated rings. The number of hydrogen-bond donors (Lipinski definition) is 0. The zero-order valence-electron chi connectivity index (χ0n) is 10.3. The minimum absolute atomic E-state index is 0.696. The second kappa shape index (κ2) is 4.87. The van der Waals surface area contributed by atoms with Crippen molar-refractivity contribution in [2.75, 3.05) is 0 Å². The Morgan fingerprint density at radius 2 is 1.84 bits per heavy atom. The van der Waals surface area contributed by atoms with Crippen LogP contribution in [0.3, 0.4) is 0 Å².